The maximum atomic E-state index is 13.2. The van der Waals surface area contributed by atoms with E-state index in [9.17, 15) is 18.0 Å². The second-order valence-electron chi connectivity index (χ2n) is 7.71. The van der Waals surface area contributed by atoms with Crippen molar-refractivity contribution < 1.29 is 18.0 Å². The van der Waals surface area contributed by atoms with Gasteiger partial charge in [-0.1, -0.05) is 24.6 Å². The number of rotatable bonds is 5. The molecule has 0 saturated carbocycles. The molecule has 1 fully saturated rings. The van der Waals surface area contributed by atoms with Gasteiger partial charge in [0.1, 0.15) is 11.0 Å². The molecule has 1 aromatic heterocycles. The third-order valence-electron chi connectivity index (χ3n) is 5.76. The Balaban J connectivity index is 1.63. The van der Waals surface area contributed by atoms with Crippen molar-refractivity contribution in [3.63, 3.8) is 0 Å². The highest BCUT2D eigenvalue weighted by atomic mass is 32.2. The standard InChI is InChI=1S/C21H25N3O4S2/c22-19(25)18-15-10-4-5-12-17(15)29-21(18)23-20(26)16-11-6-7-13-24(16)30(27,28)14-8-2-1-3-9-14/h1-3,8-9,16H,4-7,10-13H2,(H2,22,25)(H,23,26)/t16-/m0/s1. The number of thiophene rings is 1. The van der Waals surface area contributed by atoms with Crippen LogP contribution in [0, 0.1) is 0 Å². The molecule has 1 atom stereocenters. The molecule has 4 rings (SSSR count). The van der Waals surface area contributed by atoms with Gasteiger partial charge < -0.3 is 11.1 Å². The van der Waals surface area contributed by atoms with Crippen LogP contribution in [-0.2, 0) is 27.7 Å². The summed E-state index contributed by atoms with van der Waals surface area (Å²) >= 11 is 1.39. The Kier molecular flexibility index (Phi) is 5.95. The van der Waals surface area contributed by atoms with Crippen LogP contribution in [-0.4, -0.2) is 37.1 Å². The number of primary amides is 1. The molecular formula is C21H25N3O4S2. The van der Waals surface area contributed by atoms with Crippen LogP contribution < -0.4 is 11.1 Å². The van der Waals surface area contributed by atoms with Crippen LogP contribution in [0.4, 0.5) is 5.00 Å². The lowest BCUT2D eigenvalue weighted by Gasteiger charge is -2.33. The van der Waals surface area contributed by atoms with Crippen LogP contribution in [0.15, 0.2) is 35.2 Å². The van der Waals surface area contributed by atoms with E-state index in [-0.39, 0.29) is 4.90 Å². The van der Waals surface area contributed by atoms with Crippen molar-refractivity contribution in [3.8, 4) is 0 Å². The Labute approximate surface area is 180 Å². The molecule has 2 aromatic rings. The Morgan fingerprint density at radius 1 is 1.07 bits per heavy atom. The molecule has 1 saturated heterocycles. The van der Waals surface area contributed by atoms with E-state index < -0.39 is 27.9 Å². The molecule has 1 aromatic carbocycles. The zero-order chi connectivity index (χ0) is 21.3. The fourth-order valence-electron chi connectivity index (χ4n) is 4.29. The topological polar surface area (TPSA) is 110 Å². The first-order valence-corrected chi connectivity index (χ1v) is 12.5. The first-order chi connectivity index (χ1) is 14.4. The zero-order valence-electron chi connectivity index (χ0n) is 16.6. The highest BCUT2D eigenvalue weighted by Crippen LogP contribution is 2.38. The first-order valence-electron chi connectivity index (χ1n) is 10.2. The van der Waals surface area contributed by atoms with Crippen molar-refractivity contribution in [1.82, 2.24) is 4.31 Å². The highest BCUT2D eigenvalue weighted by Gasteiger charge is 2.38. The van der Waals surface area contributed by atoms with E-state index in [1.54, 1.807) is 18.2 Å². The van der Waals surface area contributed by atoms with Gasteiger partial charge in [0, 0.05) is 11.4 Å². The lowest BCUT2D eigenvalue weighted by molar-refractivity contribution is -0.120. The van der Waals surface area contributed by atoms with Crippen LogP contribution >= 0.6 is 11.3 Å². The third-order valence-corrected chi connectivity index (χ3v) is 8.89. The van der Waals surface area contributed by atoms with Crippen molar-refractivity contribution in [2.75, 3.05) is 11.9 Å². The SMILES string of the molecule is NC(=O)c1c(NC(=O)[C@@H]2CCCCN2S(=O)(=O)c2ccccc2)sc2c1CCCC2. The van der Waals surface area contributed by atoms with Crippen LogP contribution in [0.1, 0.15) is 52.9 Å². The normalized spacial score (nSPS) is 19.8. The number of amides is 2. The first kappa shape index (κ1) is 21.0. The van der Waals surface area contributed by atoms with Gasteiger partial charge >= 0.3 is 0 Å². The van der Waals surface area contributed by atoms with Crippen LogP contribution in [0.25, 0.3) is 0 Å². The van der Waals surface area contributed by atoms with Gasteiger partial charge in [-0.25, -0.2) is 8.42 Å². The minimum Gasteiger partial charge on any atom is -0.365 e. The average Bonchev–Trinajstić information content (AvgIpc) is 3.12. The van der Waals surface area contributed by atoms with E-state index in [1.165, 1.54) is 27.8 Å². The Morgan fingerprint density at radius 2 is 1.80 bits per heavy atom. The number of carbonyl (C=O) groups excluding carboxylic acids is 2. The van der Waals surface area contributed by atoms with Gasteiger partial charge in [-0.2, -0.15) is 4.31 Å². The van der Waals surface area contributed by atoms with Crippen molar-refractivity contribution in [2.45, 2.75) is 55.9 Å². The molecule has 0 bridgehead atoms. The second kappa shape index (κ2) is 8.49. The zero-order valence-corrected chi connectivity index (χ0v) is 18.2. The molecule has 0 spiro atoms. The van der Waals surface area contributed by atoms with Gasteiger partial charge in [-0.3, -0.25) is 9.59 Å². The number of aryl methyl sites for hydroxylation is 1. The summed E-state index contributed by atoms with van der Waals surface area (Å²) in [4.78, 5) is 26.5. The van der Waals surface area contributed by atoms with Gasteiger partial charge in [0.05, 0.1) is 10.5 Å². The van der Waals surface area contributed by atoms with Crippen molar-refractivity contribution in [2.24, 2.45) is 5.73 Å². The molecule has 1 aliphatic carbocycles. The van der Waals surface area contributed by atoms with Gasteiger partial charge in [0.2, 0.25) is 15.9 Å². The van der Waals surface area contributed by atoms with E-state index in [0.717, 1.165) is 42.5 Å². The third kappa shape index (κ3) is 3.89. The number of benzene rings is 1. The Hall–Kier alpha value is -2.23. The minimum atomic E-state index is -3.79. The summed E-state index contributed by atoms with van der Waals surface area (Å²) in [6.07, 6.45) is 5.59. The quantitative estimate of drug-likeness (QED) is 0.734. The smallest absolute Gasteiger partial charge is 0.251 e. The number of anilines is 1. The van der Waals surface area contributed by atoms with Crippen LogP contribution in [0.2, 0.25) is 0 Å². The summed E-state index contributed by atoms with van der Waals surface area (Å²) in [6, 6.07) is 7.35. The molecule has 7 nitrogen and oxygen atoms in total. The molecule has 0 unspecified atom stereocenters. The Morgan fingerprint density at radius 3 is 2.53 bits per heavy atom. The lowest BCUT2D eigenvalue weighted by Crippen LogP contribution is -2.49. The van der Waals surface area contributed by atoms with E-state index >= 15 is 0 Å². The van der Waals surface area contributed by atoms with Crippen LogP contribution in [0.5, 0.6) is 0 Å². The van der Waals surface area contributed by atoms with Gasteiger partial charge in [-0.05, 0) is 56.2 Å². The summed E-state index contributed by atoms with van der Waals surface area (Å²) in [5.41, 5.74) is 6.94. The van der Waals surface area contributed by atoms with Gasteiger partial charge in [0.25, 0.3) is 5.91 Å². The van der Waals surface area contributed by atoms with E-state index in [0.29, 0.717) is 30.0 Å². The number of nitrogens with zero attached hydrogens (tertiary/aromatic N) is 1. The van der Waals surface area contributed by atoms with E-state index in [2.05, 4.69) is 5.32 Å². The Bertz CT molecular complexity index is 1060. The fourth-order valence-corrected chi connectivity index (χ4v) is 7.27. The molecule has 9 heteroatoms. The summed E-state index contributed by atoms with van der Waals surface area (Å²) in [7, 11) is -3.79. The predicted octanol–water partition coefficient (Wildman–Crippen LogP) is 2.91. The molecule has 2 heterocycles. The maximum Gasteiger partial charge on any atom is 0.251 e. The second-order valence-corrected chi connectivity index (χ2v) is 10.7. The fraction of sp³-hybridized carbons (Fsp3) is 0.429. The number of carbonyl (C=O) groups is 2. The van der Waals surface area contributed by atoms with Gasteiger partial charge in [-0.15, -0.1) is 11.3 Å². The molecule has 3 N–H and O–H groups in total. The monoisotopic (exact) mass is 447 g/mol. The predicted molar refractivity (Wildman–Crippen MR) is 116 cm³/mol. The number of sulfonamides is 1. The average molecular weight is 448 g/mol. The molecule has 30 heavy (non-hydrogen) atoms. The minimum absolute atomic E-state index is 0.175. The summed E-state index contributed by atoms with van der Waals surface area (Å²) in [5.74, 6) is -0.961. The highest BCUT2D eigenvalue weighted by molar-refractivity contribution is 7.89. The van der Waals surface area contributed by atoms with Gasteiger partial charge in [0.15, 0.2) is 0 Å². The number of hydrogen-bond donors (Lipinski definition) is 2. The molecule has 1 aliphatic heterocycles. The van der Waals surface area contributed by atoms with E-state index in [1.807, 2.05) is 0 Å². The maximum absolute atomic E-state index is 13.2. The molecule has 160 valence electrons. The largest absolute Gasteiger partial charge is 0.365 e. The molecule has 2 amide bonds. The number of hydrogen-bond acceptors (Lipinski definition) is 5. The summed E-state index contributed by atoms with van der Waals surface area (Å²) in [6.45, 7) is 0.291. The van der Waals surface area contributed by atoms with Crippen molar-refractivity contribution in [3.05, 3.63) is 46.3 Å². The number of fused-ring (bicyclic) bond motifs is 1. The molecule has 0 radical (unpaired) electrons. The van der Waals surface area contributed by atoms with Crippen molar-refractivity contribution >= 4 is 38.2 Å². The number of nitrogens with one attached hydrogen (secondary N) is 1. The summed E-state index contributed by atoms with van der Waals surface area (Å²) in [5, 5.41) is 3.29. The van der Waals surface area contributed by atoms with Crippen LogP contribution in [0.3, 0.4) is 0 Å². The number of piperidine rings is 1. The molecular weight excluding hydrogens is 422 g/mol. The summed E-state index contributed by atoms with van der Waals surface area (Å²) < 4.78 is 27.6. The lowest BCUT2D eigenvalue weighted by atomic mass is 9.95. The molecule has 2 aliphatic rings. The number of nitrogens with two attached hydrogens (primary N) is 1. The van der Waals surface area contributed by atoms with Crippen molar-refractivity contribution in [1.29, 1.82) is 0 Å². The van der Waals surface area contributed by atoms with E-state index in [4.69, 9.17) is 5.73 Å².